The first kappa shape index (κ1) is 25.2. The van der Waals surface area contributed by atoms with E-state index in [9.17, 15) is 4.39 Å². The van der Waals surface area contributed by atoms with Crippen LogP contribution in [0.3, 0.4) is 0 Å². The van der Waals surface area contributed by atoms with Crippen LogP contribution < -0.4 is 4.74 Å². The summed E-state index contributed by atoms with van der Waals surface area (Å²) in [5.74, 6) is 2.16. The monoisotopic (exact) mass is 468 g/mol. The minimum Gasteiger partial charge on any atom is -0.486 e. The summed E-state index contributed by atoms with van der Waals surface area (Å²) in [5.41, 5.74) is 0.783. The first-order chi connectivity index (χ1) is 16.6. The molecule has 2 fully saturated rings. The number of ether oxygens (including phenoxy) is 1. The third kappa shape index (κ3) is 6.01. The predicted molar refractivity (Wildman–Crippen MR) is 138 cm³/mol. The molecule has 0 bridgehead atoms. The third-order valence-corrected chi connectivity index (χ3v) is 8.48. The van der Waals surface area contributed by atoms with Gasteiger partial charge in [0.1, 0.15) is 12.4 Å². The smallest absolute Gasteiger partial charge is 0.165 e. The molecule has 186 valence electrons. The Labute approximate surface area is 205 Å². The molecule has 4 rings (SSSR count). The summed E-state index contributed by atoms with van der Waals surface area (Å²) in [6, 6.07) is 6.83. The largest absolute Gasteiger partial charge is 0.486 e. The highest BCUT2D eigenvalue weighted by molar-refractivity contribution is 5.85. The molecule has 0 amide bonds. The van der Waals surface area contributed by atoms with Crippen LogP contribution >= 0.6 is 0 Å². The number of unbranched alkanes of at least 4 members (excludes halogenated alkanes) is 4. The first-order valence-corrected chi connectivity index (χ1v) is 13.8. The van der Waals surface area contributed by atoms with E-state index < -0.39 is 5.82 Å². The molecule has 1 nitrogen and oxygen atoms in total. The highest BCUT2D eigenvalue weighted by atomic mass is 19.1. The molecule has 0 spiro atoms. The van der Waals surface area contributed by atoms with Crippen LogP contribution in [0.25, 0.3) is 10.8 Å². The lowest BCUT2D eigenvalue weighted by Gasteiger charge is -2.42. The Balaban J connectivity index is 1.38. The van der Waals surface area contributed by atoms with Crippen LogP contribution in [0.2, 0.25) is 0 Å². The molecule has 4 atom stereocenters. The van der Waals surface area contributed by atoms with E-state index in [1.165, 1.54) is 70.3 Å². The van der Waals surface area contributed by atoms with Gasteiger partial charge >= 0.3 is 0 Å². The normalized spacial score (nSPS) is 25.1. The summed E-state index contributed by atoms with van der Waals surface area (Å²) in [5, 5.41) is 1.08. The molecular weight excluding hydrogens is 426 g/mol. The molecule has 2 aromatic rings. The fourth-order valence-electron chi connectivity index (χ4n) is 6.53. The molecule has 0 aliphatic heterocycles. The number of rotatable bonds is 10. The van der Waals surface area contributed by atoms with E-state index in [1.807, 2.05) is 31.2 Å². The standard InChI is InChI=1S/C31H42F2O/c1-3-5-7-8-9-10-22-11-12-24-19-25(14-13-23(24)18-22)27-16-15-26-20-30(34-17-6-4-2)29(32)21-28(26)31(27)33/h4,6,15-16,20-25H,3,5,7-14,17-19H2,1-2H3. The van der Waals surface area contributed by atoms with Crippen molar-refractivity contribution in [1.82, 2.24) is 0 Å². The van der Waals surface area contributed by atoms with Gasteiger partial charge in [0.15, 0.2) is 11.6 Å². The SMILES string of the molecule is CC=CCOc1cc2ccc(C3CCC4CC(CCCCCCC)CCC4C3)c(F)c2cc1F. The van der Waals surface area contributed by atoms with Crippen molar-refractivity contribution in [1.29, 1.82) is 0 Å². The Morgan fingerprint density at radius 3 is 2.56 bits per heavy atom. The second-order valence-corrected chi connectivity index (χ2v) is 10.8. The van der Waals surface area contributed by atoms with Gasteiger partial charge < -0.3 is 4.74 Å². The third-order valence-electron chi connectivity index (χ3n) is 8.48. The van der Waals surface area contributed by atoms with Gasteiger partial charge in [-0.15, -0.1) is 0 Å². The van der Waals surface area contributed by atoms with Crippen molar-refractivity contribution < 1.29 is 13.5 Å². The highest BCUT2D eigenvalue weighted by Crippen LogP contribution is 2.49. The zero-order valence-corrected chi connectivity index (χ0v) is 21.1. The van der Waals surface area contributed by atoms with Crippen molar-refractivity contribution in [2.75, 3.05) is 6.61 Å². The average molecular weight is 469 g/mol. The molecule has 4 unspecified atom stereocenters. The van der Waals surface area contributed by atoms with Crippen LogP contribution in [0.1, 0.15) is 102 Å². The predicted octanol–water partition coefficient (Wildman–Crippen LogP) is 9.73. The number of hydrogen-bond donors (Lipinski definition) is 0. The Morgan fingerprint density at radius 1 is 0.941 bits per heavy atom. The quantitative estimate of drug-likeness (QED) is 0.249. The van der Waals surface area contributed by atoms with Crippen molar-refractivity contribution in [2.45, 2.75) is 96.8 Å². The fraction of sp³-hybridized carbons (Fsp3) is 0.613. The molecule has 2 aliphatic rings. The molecular formula is C31H42F2O. The molecule has 2 aliphatic carbocycles. The Kier molecular flexibility index (Phi) is 9.03. The van der Waals surface area contributed by atoms with Crippen LogP contribution in [-0.4, -0.2) is 6.61 Å². The van der Waals surface area contributed by atoms with Gasteiger partial charge in [-0.25, -0.2) is 8.78 Å². The summed E-state index contributed by atoms with van der Waals surface area (Å²) < 4.78 is 35.7. The van der Waals surface area contributed by atoms with E-state index >= 15 is 4.39 Å². The molecule has 0 radical (unpaired) electrons. The van der Waals surface area contributed by atoms with Gasteiger partial charge in [0.25, 0.3) is 0 Å². The number of benzene rings is 2. The van der Waals surface area contributed by atoms with Crippen LogP contribution in [0.15, 0.2) is 36.4 Å². The summed E-state index contributed by atoms with van der Waals surface area (Å²) in [6.07, 6.45) is 19.3. The summed E-state index contributed by atoms with van der Waals surface area (Å²) in [6.45, 7) is 4.48. The second kappa shape index (κ2) is 12.2. The van der Waals surface area contributed by atoms with Gasteiger partial charge in [0.2, 0.25) is 0 Å². The van der Waals surface area contributed by atoms with Crippen LogP contribution in [-0.2, 0) is 0 Å². The Bertz CT molecular complexity index is 966. The van der Waals surface area contributed by atoms with E-state index in [2.05, 4.69) is 6.92 Å². The summed E-state index contributed by atoms with van der Waals surface area (Å²) >= 11 is 0. The lowest BCUT2D eigenvalue weighted by atomic mass is 9.63. The van der Waals surface area contributed by atoms with E-state index in [-0.39, 0.29) is 17.5 Å². The van der Waals surface area contributed by atoms with Crippen LogP contribution in [0, 0.1) is 29.4 Å². The lowest BCUT2D eigenvalue weighted by molar-refractivity contribution is 0.112. The van der Waals surface area contributed by atoms with Crippen LogP contribution in [0.5, 0.6) is 5.75 Å². The Hall–Kier alpha value is -1.90. The van der Waals surface area contributed by atoms with Crippen molar-refractivity contribution in [3.05, 3.63) is 53.6 Å². The van der Waals surface area contributed by atoms with Gasteiger partial charge in [0.05, 0.1) is 0 Å². The summed E-state index contributed by atoms with van der Waals surface area (Å²) in [4.78, 5) is 0. The number of hydrogen-bond acceptors (Lipinski definition) is 1. The molecule has 0 saturated heterocycles. The molecule has 34 heavy (non-hydrogen) atoms. The maximum absolute atomic E-state index is 15.6. The first-order valence-electron chi connectivity index (χ1n) is 13.8. The van der Waals surface area contributed by atoms with E-state index in [0.29, 0.717) is 17.4 Å². The Morgan fingerprint density at radius 2 is 1.74 bits per heavy atom. The second-order valence-electron chi connectivity index (χ2n) is 10.8. The van der Waals surface area contributed by atoms with E-state index in [4.69, 9.17) is 4.74 Å². The number of halogens is 2. The number of allylic oxidation sites excluding steroid dienone is 1. The molecule has 0 heterocycles. The van der Waals surface area contributed by atoms with Crippen LogP contribution in [0.4, 0.5) is 8.78 Å². The lowest BCUT2D eigenvalue weighted by Crippen LogP contribution is -2.30. The maximum atomic E-state index is 15.6. The van der Waals surface area contributed by atoms with Crippen molar-refractivity contribution in [3.8, 4) is 5.75 Å². The van der Waals surface area contributed by atoms with Gasteiger partial charge in [-0.2, -0.15) is 0 Å². The molecule has 0 aromatic heterocycles. The zero-order chi connectivity index (χ0) is 23.9. The van der Waals surface area contributed by atoms with Crippen molar-refractivity contribution in [2.24, 2.45) is 17.8 Å². The average Bonchev–Trinajstić information content (AvgIpc) is 2.85. The fourth-order valence-corrected chi connectivity index (χ4v) is 6.53. The molecule has 2 saturated carbocycles. The highest BCUT2D eigenvalue weighted by Gasteiger charge is 2.36. The molecule has 2 aromatic carbocycles. The van der Waals surface area contributed by atoms with E-state index in [0.717, 1.165) is 36.2 Å². The maximum Gasteiger partial charge on any atom is 0.165 e. The zero-order valence-electron chi connectivity index (χ0n) is 21.1. The van der Waals surface area contributed by atoms with Gasteiger partial charge in [0, 0.05) is 5.39 Å². The van der Waals surface area contributed by atoms with E-state index in [1.54, 1.807) is 6.07 Å². The minimum absolute atomic E-state index is 0.181. The van der Waals surface area contributed by atoms with Gasteiger partial charge in [-0.3, -0.25) is 0 Å². The van der Waals surface area contributed by atoms with Gasteiger partial charge in [-0.05, 0) is 85.8 Å². The molecule has 3 heteroatoms. The van der Waals surface area contributed by atoms with Crippen molar-refractivity contribution >= 4 is 10.8 Å². The number of fused-ring (bicyclic) bond motifs is 2. The summed E-state index contributed by atoms with van der Waals surface area (Å²) in [7, 11) is 0. The van der Waals surface area contributed by atoms with Crippen molar-refractivity contribution in [3.63, 3.8) is 0 Å². The topological polar surface area (TPSA) is 9.23 Å². The minimum atomic E-state index is -0.496. The molecule has 0 N–H and O–H groups in total. The van der Waals surface area contributed by atoms with Gasteiger partial charge in [-0.1, -0.05) is 76.2 Å².